The zero-order valence-corrected chi connectivity index (χ0v) is 25.4. The summed E-state index contributed by atoms with van der Waals surface area (Å²) in [4.78, 5) is 0. The van der Waals surface area contributed by atoms with Crippen LogP contribution in [0.15, 0.2) is 11.6 Å². The number of allylic oxidation sites excluding steroid dienone is 1. The van der Waals surface area contributed by atoms with Crippen LogP contribution in [-0.2, 0) is 18.9 Å². The van der Waals surface area contributed by atoms with Gasteiger partial charge in [-0.2, -0.15) is 0 Å². The van der Waals surface area contributed by atoms with Crippen LogP contribution in [-0.4, -0.2) is 81.8 Å². The summed E-state index contributed by atoms with van der Waals surface area (Å²) in [5.41, 5.74) is 1.16. The minimum atomic E-state index is -1.35. The average molecular weight is 577 g/mol. The Morgan fingerprint density at radius 1 is 0.927 bits per heavy atom. The Kier molecular flexibility index (Phi) is 7.08. The lowest BCUT2D eigenvalue weighted by molar-refractivity contribution is -0.318. The largest absolute Gasteiger partial charge is 0.393 e. The first-order chi connectivity index (χ1) is 19.4. The third-order valence-electron chi connectivity index (χ3n) is 13.5. The van der Waals surface area contributed by atoms with Gasteiger partial charge in [0, 0.05) is 24.2 Å². The van der Waals surface area contributed by atoms with Gasteiger partial charge in [-0.3, -0.25) is 0 Å². The number of ether oxygens (including phenoxy) is 4. The maximum atomic E-state index is 10.9. The number of aliphatic hydroxyl groups excluding tert-OH is 4. The zero-order chi connectivity index (χ0) is 29.1. The molecule has 0 aromatic carbocycles. The molecule has 4 N–H and O–H groups in total. The molecule has 4 aliphatic carbocycles. The highest BCUT2D eigenvalue weighted by molar-refractivity contribution is 5.28. The Hall–Kier alpha value is -0.580. The Morgan fingerprint density at radius 3 is 2.44 bits per heavy atom. The lowest BCUT2D eigenvalue weighted by Crippen LogP contribution is -2.61. The van der Waals surface area contributed by atoms with Crippen LogP contribution in [0.4, 0.5) is 0 Å². The van der Waals surface area contributed by atoms with Crippen LogP contribution in [0.2, 0.25) is 0 Å². The molecule has 41 heavy (non-hydrogen) atoms. The topological polar surface area (TPSA) is 118 Å². The molecule has 7 aliphatic rings. The zero-order valence-electron chi connectivity index (χ0n) is 25.4. The second kappa shape index (κ2) is 9.96. The van der Waals surface area contributed by atoms with E-state index in [-0.39, 0.29) is 23.0 Å². The number of fused-ring (bicyclic) bond motifs is 7. The molecule has 0 radical (unpaired) electrons. The van der Waals surface area contributed by atoms with E-state index in [4.69, 9.17) is 18.9 Å². The Balaban J connectivity index is 1.15. The molecule has 8 nitrogen and oxygen atoms in total. The molecule has 3 saturated heterocycles. The predicted octanol–water partition coefficient (Wildman–Crippen LogP) is 3.54. The van der Waals surface area contributed by atoms with E-state index in [2.05, 4.69) is 33.8 Å². The van der Waals surface area contributed by atoms with E-state index in [0.717, 1.165) is 38.7 Å². The summed E-state index contributed by atoms with van der Waals surface area (Å²) in [6, 6.07) is 0. The van der Waals surface area contributed by atoms with Crippen LogP contribution in [0.5, 0.6) is 0 Å². The molecule has 0 unspecified atom stereocenters. The van der Waals surface area contributed by atoms with Crippen molar-refractivity contribution in [2.75, 3.05) is 6.61 Å². The van der Waals surface area contributed by atoms with Gasteiger partial charge in [-0.15, -0.1) is 0 Å². The molecule has 3 heterocycles. The molecule has 1 spiro atoms. The average Bonchev–Trinajstić information content (AvgIpc) is 3.38. The molecule has 232 valence electrons. The fourth-order valence-electron chi connectivity index (χ4n) is 11.2. The summed E-state index contributed by atoms with van der Waals surface area (Å²) < 4.78 is 25.9. The smallest absolute Gasteiger partial charge is 0.186 e. The van der Waals surface area contributed by atoms with Gasteiger partial charge in [0.25, 0.3) is 0 Å². The first-order valence-electron chi connectivity index (χ1n) is 16.4. The van der Waals surface area contributed by atoms with Crippen molar-refractivity contribution in [3.63, 3.8) is 0 Å². The van der Waals surface area contributed by atoms with Crippen LogP contribution >= 0.6 is 0 Å². The summed E-state index contributed by atoms with van der Waals surface area (Å²) in [5.74, 6) is 2.51. The van der Waals surface area contributed by atoms with E-state index in [0.29, 0.717) is 48.3 Å². The van der Waals surface area contributed by atoms with Crippen LogP contribution < -0.4 is 0 Å². The van der Waals surface area contributed by atoms with Gasteiger partial charge in [0.15, 0.2) is 12.1 Å². The minimum Gasteiger partial charge on any atom is -0.393 e. The van der Waals surface area contributed by atoms with Crippen molar-refractivity contribution in [3.8, 4) is 0 Å². The molecular weight excluding hydrogens is 524 g/mol. The van der Waals surface area contributed by atoms with Gasteiger partial charge in [-0.25, -0.2) is 0 Å². The van der Waals surface area contributed by atoms with Crippen molar-refractivity contribution in [3.05, 3.63) is 11.6 Å². The molecule has 17 atom stereocenters. The maximum absolute atomic E-state index is 10.9. The van der Waals surface area contributed by atoms with Crippen molar-refractivity contribution in [2.45, 2.75) is 141 Å². The second-order valence-corrected chi connectivity index (χ2v) is 15.5. The van der Waals surface area contributed by atoms with Gasteiger partial charge < -0.3 is 39.4 Å². The molecule has 0 bridgehead atoms. The molecule has 0 aromatic rings. The number of hydrogen-bond acceptors (Lipinski definition) is 8. The second-order valence-electron chi connectivity index (χ2n) is 15.5. The number of aliphatic hydroxyl groups is 4. The molecule has 0 amide bonds. The normalized spacial score (nSPS) is 60.2. The first kappa shape index (κ1) is 29.1. The summed E-state index contributed by atoms with van der Waals surface area (Å²) in [6.45, 7) is 12.0. The van der Waals surface area contributed by atoms with Gasteiger partial charge in [-0.05, 0) is 80.5 Å². The van der Waals surface area contributed by atoms with Gasteiger partial charge in [-0.1, -0.05) is 39.3 Å². The highest BCUT2D eigenvalue weighted by Crippen LogP contribution is 2.70. The Labute approximate surface area is 244 Å². The van der Waals surface area contributed by atoms with Crippen LogP contribution in [0.25, 0.3) is 0 Å². The predicted molar refractivity (Wildman–Crippen MR) is 150 cm³/mol. The highest BCUT2D eigenvalue weighted by atomic mass is 16.7. The minimum absolute atomic E-state index is 0.200. The van der Waals surface area contributed by atoms with Crippen LogP contribution in [0.3, 0.4) is 0 Å². The summed E-state index contributed by atoms with van der Waals surface area (Å²) in [7, 11) is 0. The van der Waals surface area contributed by atoms with Crippen molar-refractivity contribution in [1.82, 2.24) is 0 Å². The Morgan fingerprint density at radius 2 is 1.71 bits per heavy atom. The maximum Gasteiger partial charge on any atom is 0.186 e. The fraction of sp³-hybridized carbons (Fsp3) is 0.939. The standard InChI is InChI=1S/C33H52O8/c1-16-8-11-33(38-15-16)17(2)26-24(41-33)14-23-21-7-6-19-12-20(34)13-25(32(19,5)22(21)9-10-31(23,26)4)40-30-29(37)28(36)27(35)18(3)39-30/h6,16-18,20-30,34-37H,7-15H2,1-5H3/t16-,17-,18-,20+,21-,22+,23-,24-,25+,26-,27-,28+,29+,30-,31-,32-,33+/m0/s1. The molecule has 7 rings (SSSR count). The summed E-state index contributed by atoms with van der Waals surface area (Å²) >= 11 is 0. The number of hydrogen-bond donors (Lipinski definition) is 4. The van der Waals surface area contributed by atoms with E-state index in [9.17, 15) is 20.4 Å². The third-order valence-corrected chi connectivity index (χ3v) is 13.5. The van der Waals surface area contributed by atoms with E-state index >= 15 is 0 Å². The lowest BCUT2D eigenvalue weighted by atomic mass is 9.46. The SMILES string of the molecule is C[C@H]1CC[C@@]2(OC1)O[C@H]1C[C@H]3[C@H]4CC=C5C[C@@H](O)C[C@@H](O[C@@H]6O[C@@H](C)[C@H](O)[C@@H](O)[C@H]6O)[C@]5(C)[C@@H]4CC[C@]3(C)[C@H]1[C@@H]2C. The van der Waals surface area contributed by atoms with E-state index < -0.39 is 42.6 Å². The highest BCUT2D eigenvalue weighted by Gasteiger charge is 2.69. The fourth-order valence-corrected chi connectivity index (χ4v) is 11.2. The van der Waals surface area contributed by atoms with Gasteiger partial charge in [0.05, 0.1) is 31.0 Å². The van der Waals surface area contributed by atoms with Crippen LogP contribution in [0.1, 0.15) is 86.0 Å². The molecule has 8 heteroatoms. The molecule has 0 aromatic heterocycles. The van der Waals surface area contributed by atoms with Crippen molar-refractivity contribution in [1.29, 1.82) is 0 Å². The van der Waals surface area contributed by atoms with Crippen molar-refractivity contribution < 1.29 is 39.4 Å². The molecule has 6 fully saturated rings. The quantitative estimate of drug-likeness (QED) is 0.369. The third kappa shape index (κ3) is 4.14. The van der Waals surface area contributed by atoms with Crippen LogP contribution in [0, 0.1) is 46.3 Å². The summed E-state index contributed by atoms with van der Waals surface area (Å²) in [6.07, 6.45) is 3.78. The summed E-state index contributed by atoms with van der Waals surface area (Å²) in [5, 5.41) is 42.3. The van der Waals surface area contributed by atoms with E-state index in [1.807, 2.05) is 0 Å². The van der Waals surface area contributed by atoms with E-state index in [1.165, 1.54) is 12.0 Å². The monoisotopic (exact) mass is 576 g/mol. The van der Waals surface area contributed by atoms with Gasteiger partial charge >= 0.3 is 0 Å². The number of rotatable bonds is 2. The van der Waals surface area contributed by atoms with Crippen molar-refractivity contribution >= 4 is 0 Å². The first-order valence-corrected chi connectivity index (χ1v) is 16.4. The molecular formula is C33H52O8. The van der Waals surface area contributed by atoms with Crippen molar-refractivity contribution in [2.24, 2.45) is 46.3 Å². The molecule has 3 saturated carbocycles. The van der Waals surface area contributed by atoms with Gasteiger partial charge in [0.1, 0.15) is 18.3 Å². The van der Waals surface area contributed by atoms with Gasteiger partial charge in [0.2, 0.25) is 0 Å². The molecule has 3 aliphatic heterocycles. The Bertz CT molecular complexity index is 1040. The van der Waals surface area contributed by atoms with E-state index in [1.54, 1.807) is 6.92 Å². The lowest BCUT2D eigenvalue weighted by Gasteiger charge is -2.60.